The fourth-order valence-electron chi connectivity index (χ4n) is 3.85. The van der Waals surface area contributed by atoms with Gasteiger partial charge in [0.1, 0.15) is 0 Å². The maximum Gasteiger partial charge on any atom is 0.0546 e. The summed E-state index contributed by atoms with van der Waals surface area (Å²) in [6.45, 7) is 5.89. The fraction of sp³-hybridized carbons (Fsp3) is 0.600. The van der Waals surface area contributed by atoms with Gasteiger partial charge in [0.15, 0.2) is 0 Å². The Labute approximate surface area is 113 Å². The summed E-state index contributed by atoms with van der Waals surface area (Å²) in [7, 11) is 0. The average Bonchev–Trinajstić information content (AvgIpc) is 2.57. The second kappa shape index (κ2) is 4.17. The lowest BCUT2D eigenvalue weighted by molar-refractivity contribution is 0.403. The van der Waals surface area contributed by atoms with Crippen LogP contribution in [0.25, 0.3) is 0 Å². The molecule has 0 saturated carbocycles. The monoisotopic (exact) mass is 260 g/mol. The molecule has 0 unspecified atom stereocenters. The summed E-state index contributed by atoms with van der Waals surface area (Å²) in [6, 6.07) is 5.49. The minimum atomic E-state index is 0.729. The second-order valence-electron chi connectivity index (χ2n) is 5.71. The summed E-state index contributed by atoms with van der Waals surface area (Å²) in [5, 5.41) is 3.58. The van der Waals surface area contributed by atoms with Crippen molar-refractivity contribution in [1.29, 1.82) is 0 Å². The van der Waals surface area contributed by atoms with Crippen LogP contribution in [-0.2, 0) is 0 Å². The van der Waals surface area contributed by atoms with Crippen molar-refractivity contribution in [3.8, 4) is 0 Å². The van der Waals surface area contributed by atoms with E-state index in [0.717, 1.165) is 12.0 Å². The molecule has 1 aromatic rings. The van der Waals surface area contributed by atoms with E-state index in [1.54, 1.807) is 16.1 Å². The Bertz CT molecular complexity index is 486. The molecule has 3 heterocycles. The van der Waals surface area contributed by atoms with E-state index in [1.807, 2.05) is 0 Å². The van der Waals surface area contributed by atoms with Gasteiger partial charge in [-0.3, -0.25) is 0 Å². The number of anilines is 1. The molecule has 4 rings (SSSR count). The average molecular weight is 260 g/mol. The highest BCUT2D eigenvalue weighted by Gasteiger charge is 2.41. The van der Waals surface area contributed by atoms with Crippen LogP contribution in [0.1, 0.15) is 29.9 Å². The number of benzene rings is 1. The van der Waals surface area contributed by atoms with Crippen LogP contribution in [0.15, 0.2) is 17.0 Å². The summed E-state index contributed by atoms with van der Waals surface area (Å²) in [4.78, 5) is 4.31. The third kappa shape index (κ3) is 1.47. The molecule has 0 bridgehead atoms. The Hall–Kier alpha value is -0.670. The van der Waals surface area contributed by atoms with Crippen LogP contribution in [0, 0.1) is 6.92 Å². The van der Waals surface area contributed by atoms with Crippen molar-refractivity contribution < 1.29 is 0 Å². The largest absolute Gasteiger partial charge is 0.367 e. The third-order valence-corrected chi connectivity index (χ3v) is 5.98. The normalized spacial score (nSPS) is 29.7. The fourth-order valence-corrected chi connectivity index (χ4v) is 5.00. The predicted molar refractivity (Wildman–Crippen MR) is 77.9 cm³/mol. The minimum Gasteiger partial charge on any atom is -0.367 e. The number of hydrogen-bond donors (Lipinski definition) is 1. The summed E-state index contributed by atoms with van der Waals surface area (Å²) >= 11 is 2.08. The van der Waals surface area contributed by atoms with E-state index in [2.05, 4.69) is 41.0 Å². The number of hydrogen-bond acceptors (Lipinski definition) is 3. The van der Waals surface area contributed by atoms with Crippen LogP contribution in [0.4, 0.5) is 5.69 Å². The van der Waals surface area contributed by atoms with Crippen molar-refractivity contribution >= 4 is 17.4 Å². The number of fused-ring (bicyclic) bond motifs is 3. The summed E-state index contributed by atoms with van der Waals surface area (Å²) in [5.74, 6) is 2.01. The molecule has 1 N–H and O–H groups in total. The summed E-state index contributed by atoms with van der Waals surface area (Å²) in [5.41, 5.74) is 4.68. The highest BCUT2D eigenvalue weighted by Crippen LogP contribution is 2.50. The number of rotatable bonds is 0. The Morgan fingerprint density at radius 1 is 1.39 bits per heavy atom. The van der Waals surface area contributed by atoms with Gasteiger partial charge in [-0.15, -0.1) is 11.8 Å². The standard InChI is InChI=1S/C15H20N2S/c1-10-3-4-11-12-9-16-6-5-13(12)17-7-2-8-18-15(10)14(11)17/h3-4,12-13,16H,2,5-9H2,1H3/t12-,13-/m1/s1. The first-order valence-electron chi connectivity index (χ1n) is 7.10. The quantitative estimate of drug-likeness (QED) is 0.772. The van der Waals surface area contributed by atoms with Gasteiger partial charge < -0.3 is 10.2 Å². The maximum absolute atomic E-state index is 3.58. The number of thioether (sulfide) groups is 1. The number of nitrogens with zero attached hydrogens (tertiary/aromatic N) is 1. The molecule has 0 spiro atoms. The SMILES string of the molecule is Cc1ccc2c3c1SCCCN3[C@@H]1CCNC[C@H]21. The zero-order valence-electron chi connectivity index (χ0n) is 10.9. The Kier molecular flexibility index (Phi) is 2.59. The van der Waals surface area contributed by atoms with Crippen molar-refractivity contribution in [1.82, 2.24) is 5.32 Å². The smallest absolute Gasteiger partial charge is 0.0546 e. The molecule has 0 amide bonds. The molecular formula is C15H20N2S. The number of piperidine rings is 1. The molecule has 1 aromatic carbocycles. The molecule has 1 saturated heterocycles. The zero-order valence-corrected chi connectivity index (χ0v) is 11.7. The van der Waals surface area contributed by atoms with Crippen molar-refractivity contribution in [2.75, 3.05) is 30.3 Å². The Morgan fingerprint density at radius 2 is 2.33 bits per heavy atom. The van der Waals surface area contributed by atoms with Gasteiger partial charge in [0.05, 0.1) is 5.69 Å². The van der Waals surface area contributed by atoms with Gasteiger partial charge >= 0.3 is 0 Å². The zero-order chi connectivity index (χ0) is 12.1. The van der Waals surface area contributed by atoms with Crippen LogP contribution in [0.5, 0.6) is 0 Å². The van der Waals surface area contributed by atoms with E-state index in [0.29, 0.717) is 0 Å². The van der Waals surface area contributed by atoms with Gasteiger partial charge in [-0.25, -0.2) is 0 Å². The van der Waals surface area contributed by atoms with E-state index in [-0.39, 0.29) is 0 Å². The van der Waals surface area contributed by atoms with E-state index >= 15 is 0 Å². The van der Waals surface area contributed by atoms with Crippen molar-refractivity contribution in [2.45, 2.75) is 36.6 Å². The Morgan fingerprint density at radius 3 is 3.28 bits per heavy atom. The van der Waals surface area contributed by atoms with E-state index in [1.165, 1.54) is 43.8 Å². The lowest BCUT2D eigenvalue weighted by Crippen LogP contribution is -2.44. The van der Waals surface area contributed by atoms with Gasteiger partial charge in [0, 0.05) is 29.9 Å². The van der Waals surface area contributed by atoms with E-state index in [4.69, 9.17) is 0 Å². The molecule has 2 atom stereocenters. The van der Waals surface area contributed by atoms with Crippen LogP contribution in [0.2, 0.25) is 0 Å². The highest BCUT2D eigenvalue weighted by atomic mass is 32.2. The number of aryl methyl sites for hydroxylation is 1. The molecule has 1 fully saturated rings. The minimum absolute atomic E-state index is 0.729. The summed E-state index contributed by atoms with van der Waals surface area (Å²) < 4.78 is 0. The van der Waals surface area contributed by atoms with Crippen molar-refractivity contribution in [3.05, 3.63) is 23.3 Å². The van der Waals surface area contributed by atoms with Crippen LogP contribution < -0.4 is 10.2 Å². The van der Waals surface area contributed by atoms with Gasteiger partial charge in [-0.2, -0.15) is 0 Å². The molecule has 0 aliphatic carbocycles. The lowest BCUT2D eigenvalue weighted by atomic mass is 9.90. The molecule has 0 radical (unpaired) electrons. The van der Waals surface area contributed by atoms with Crippen molar-refractivity contribution in [2.24, 2.45) is 0 Å². The van der Waals surface area contributed by atoms with Gasteiger partial charge in [-0.05, 0) is 43.2 Å². The molecule has 0 aromatic heterocycles. The topological polar surface area (TPSA) is 15.3 Å². The maximum atomic E-state index is 3.58. The highest BCUT2D eigenvalue weighted by molar-refractivity contribution is 7.99. The number of nitrogens with one attached hydrogen (secondary N) is 1. The van der Waals surface area contributed by atoms with E-state index < -0.39 is 0 Å². The third-order valence-electron chi connectivity index (χ3n) is 4.68. The van der Waals surface area contributed by atoms with Gasteiger partial charge in [0.2, 0.25) is 0 Å². The van der Waals surface area contributed by atoms with Gasteiger partial charge in [-0.1, -0.05) is 12.1 Å². The molecule has 18 heavy (non-hydrogen) atoms. The molecule has 3 aliphatic heterocycles. The molecule has 96 valence electrons. The first kappa shape index (κ1) is 11.2. The second-order valence-corrected chi connectivity index (χ2v) is 6.82. The Balaban J connectivity index is 1.90. The van der Waals surface area contributed by atoms with Crippen LogP contribution in [-0.4, -0.2) is 31.4 Å². The predicted octanol–water partition coefficient (Wildman–Crippen LogP) is 2.76. The van der Waals surface area contributed by atoms with Crippen LogP contribution in [0.3, 0.4) is 0 Å². The van der Waals surface area contributed by atoms with Crippen LogP contribution >= 0.6 is 11.8 Å². The van der Waals surface area contributed by atoms with Crippen molar-refractivity contribution in [3.63, 3.8) is 0 Å². The molecule has 2 nitrogen and oxygen atoms in total. The lowest BCUT2D eigenvalue weighted by Gasteiger charge is -2.33. The van der Waals surface area contributed by atoms with Gasteiger partial charge in [0.25, 0.3) is 0 Å². The first-order chi connectivity index (χ1) is 8.86. The molecule has 3 aliphatic rings. The summed E-state index contributed by atoms with van der Waals surface area (Å²) in [6.07, 6.45) is 2.64. The van der Waals surface area contributed by atoms with E-state index in [9.17, 15) is 0 Å². The first-order valence-corrected chi connectivity index (χ1v) is 8.08. The molecule has 3 heteroatoms. The molecular weight excluding hydrogens is 240 g/mol.